The highest BCUT2D eigenvalue weighted by Gasteiger charge is 2.25. The van der Waals surface area contributed by atoms with Gasteiger partial charge in [0.25, 0.3) is 0 Å². The van der Waals surface area contributed by atoms with Gasteiger partial charge in [-0.15, -0.1) is 0 Å². The Labute approximate surface area is 256 Å². The van der Waals surface area contributed by atoms with Gasteiger partial charge < -0.3 is 14.0 Å². The first-order valence-corrected chi connectivity index (χ1v) is 14.6. The van der Waals surface area contributed by atoms with Gasteiger partial charge >= 0.3 is 12.1 Å². The molecule has 1 aliphatic heterocycles. The summed E-state index contributed by atoms with van der Waals surface area (Å²) in [5, 5.41) is 3.67. The molecule has 0 unspecified atom stereocenters. The van der Waals surface area contributed by atoms with E-state index >= 15 is 4.39 Å². The van der Waals surface area contributed by atoms with E-state index in [-0.39, 0.29) is 11.6 Å². The van der Waals surface area contributed by atoms with E-state index in [1.165, 1.54) is 13.2 Å². The number of aromatic nitrogens is 3. The number of aryl methyl sites for hydroxylation is 2. The summed E-state index contributed by atoms with van der Waals surface area (Å²) < 4.78 is 27.3. The number of benzene rings is 1. The molecule has 9 nitrogen and oxygen atoms in total. The highest BCUT2D eigenvalue weighted by Crippen LogP contribution is 2.35. The summed E-state index contributed by atoms with van der Waals surface area (Å²) in [5.74, 6) is -0.552. The fraction of sp³-hybridized carbons (Fsp3) is 0.353. The van der Waals surface area contributed by atoms with Gasteiger partial charge in [-0.25, -0.2) is 23.9 Å². The number of hydrogen-bond acceptors (Lipinski definition) is 7. The second-order valence-corrected chi connectivity index (χ2v) is 12.1. The lowest BCUT2D eigenvalue weighted by molar-refractivity contribution is 0.0597. The number of carbonyl (C=O) groups is 2. The van der Waals surface area contributed by atoms with Crippen LogP contribution in [0.25, 0.3) is 27.7 Å². The Balaban J connectivity index is 1.35. The number of amides is 1. The van der Waals surface area contributed by atoms with E-state index < -0.39 is 23.5 Å². The topological polar surface area (TPSA) is 98.6 Å². The van der Waals surface area contributed by atoms with Crippen LogP contribution in [-0.2, 0) is 16.5 Å². The molecule has 1 amide bonds. The zero-order chi connectivity index (χ0) is 31.8. The maximum Gasteiger partial charge on any atom is 0.413 e. The van der Waals surface area contributed by atoms with Crippen molar-refractivity contribution in [1.82, 2.24) is 19.4 Å². The standard InChI is InChI=1S/C34H38FN5O4/c1-20-16-24(32(41)43-7)17-27(35)30(20)22-11-14-40(15-12-22)21(2)28-18-26-25(10-13-36-31(26)39(28)6)23-8-9-29(37-19-23)38-33(42)44-34(3,4)5/h8-11,13,16-19,21H,12,14-15H2,1-7H3,(H,37,38,42)/t21-/m0/s1. The molecule has 0 aliphatic carbocycles. The fourth-order valence-corrected chi connectivity index (χ4v) is 5.76. The van der Waals surface area contributed by atoms with Crippen LogP contribution in [-0.4, -0.2) is 57.3 Å². The van der Waals surface area contributed by atoms with Crippen molar-refractivity contribution in [3.05, 3.63) is 83.1 Å². The van der Waals surface area contributed by atoms with Crippen molar-refractivity contribution in [2.45, 2.75) is 52.7 Å². The first-order chi connectivity index (χ1) is 20.9. The Bertz CT molecular complexity index is 1730. The van der Waals surface area contributed by atoms with Crippen LogP contribution < -0.4 is 5.32 Å². The number of esters is 1. The van der Waals surface area contributed by atoms with Gasteiger partial charge in [0.15, 0.2) is 0 Å². The summed E-state index contributed by atoms with van der Waals surface area (Å²) in [6.45, 7) is 10.8. The highest BCUT2D eigenvalue weighted by molar-refractivity contribution is 5.94. The third-order valence-corrected chi connectivity index (χ3v) is 7.92. The van der Waals surface area contributed by atoms with E-state index in [9.17, 15) is 9.59 Å². The quantitative estimate of drug-likeness (QED) is 0.237. The third kappa shape index (κ3) is 6.35. The summed E-state index contributed by atoms with van der Waals surface area (Å²) >= 11 is 0. The number of pyridine rings is 2. The molecular formula is C34H38FN5O4. The van der Waals surface area contributed by atoms with Crippen molar-refractivity contribution < 1.29 is 23.5 Å². The number of carbonyl (C=O) groups excluding carboxylic acids is 2. The van der Waals surface area contributed by atoms with Crippen LogP contribution in [0.2, 0.25) is 0 Å². The van der Waals surface area contributed by atoms with Crippen molar-refractivity contribution in [3.63, 3.8) is 0 Å². The predicted molar refractivity (Wildman–Crippen MR) is 169 cm³/mol. The smallest absolute Gasteiger partial charge is 0.413 e. The van der Waals surface area contributed by atoms with Crippen LogP contribution in [0.3, 0.4) is 0 Å². The van der Waals surface area contributed by atoms with E-state index in [1.807, 2.05) is 46.9 Å². The van der Waals surface area contributed by atoms with Gasteiger partial charge in [-0.1, -0.05) is 6.08 Å². The van der Waals surface area contributed by atoms with Crippen LogP contribution in [0.5, 0.6) is 0 Å². The van der Waals surface area contributed by atoms with Gasteiger partial charge in [-0.2, -0.15) is 0 Å². The molecule has 230 valence electrons. The van der Waals surface area contributed by atoms with Gasteiger partial charge in [0.2, 0.25) is 0 Å². The minimum atomic E-state index is -0.599. The molecule has 5 rings (SSSR count). The molecule has 44 heavy (non-hydrogen) atoms. The van der Waals surface area contributed by atoms with Gasteiger partial charge in [-0.3, -0.25) is 10.2 Å². The van der Waals surface area contributed by atoms with Gasteiger partial charge in [0.05, 0.1) is 12.7 Å². The predicted octanol–water partition coefficient (Wildman–Crippen LogP) is 7.07. The lowest BCUT2D eigenvalue weighted by Gasteiger charge is -2.32. The van der Waals surface area contributed by atoms with E-state index in [4.69, 9.17) is 9.47 Å². The molecule has 0 bridgehead atoms. The lowest BCUT2D eigenvalue weighted by atomic mass is 9.93. The summed E-state index contributed by atoms with van der Waals surface area (Å²) in [5.41, 5.74) is 5.69. The Morgan fingerprint density at radius 2 is 1.89 bits per heavy atom. The average molecular weight is 600 g/mol. The molecule has 0 radical (unpaired) electrons. The van der Waals surface area contributed by atoms with Crippen molar-refractivity contribution >= 4 is 34.5 Å². The number of hydrogen-bond donors (Lipinski definition) is 1. The molecule has 1 aliphatic rings. The number of nitrogens with zero attached hydrogens (tertiary/aromatic N) is 4. The zero-order valence-electron chi connectivity index (χ0n) is 26.2. The fourth-order valence-electron chi connectivity index (χ4n) is 5.76. The Morgan fingerprint density at radius 3 is 2.50 bits per heavy atom. The number of halogens is 1. The first-order valence-electron chi connectivity index (χ1n) is 14.6. The lowest BCUT2D eigenvalue weighted by Crippen LogP contribution is -2.32. The molecule has 0 fully saturated rings. The van der Waals surface area contributed by atoms with Crippen LogP contribution in [0.15, 0.2) is 54.9 Å². The molecule has 3 aromatic heterocycles. The Morgan fingerprint density at radius 1 is 1.11 bits per heavy atom. The summed E-state index contributed by atoms with van der Waals surface area (Å²) in [7, 11) is 3.31. The van der Waals surface area contributed by atoms with E-state index in [2.05, 4.69) is 43.8 Å². The number of ether oxygens (including phenoxy) is 2. The first kappa shape index (κ1) is 30.9. The number of rotatable bonds is 6. The molecule has 1 atom stereocenters. The minimum Gasteiger partial charge on any atom is -0.465 e. The number of methoxy groups -OCH3 is 1. The molecular weight excluding hydrogens is 561 g/mol. The van der Waals surface area contributed by atoms with Gasteiger partial charge in [0.1, 0.15) is 22.9 Å². The van der Waals surface area contributed by atoms with E-state index in [0.29, 0.717) is 29.9 Å². The molecule has 10 heteroatoms. The Hall–Kier alpha value is -4.57. The van der Waals surface area contributed by atoms with Crippen LogP contribution in [0.1, 0.15) is 67.3 Å². The van der Waals surface area contributed by atoms with Crippen LogP contribution >= 0.6 is 0 Å². The summed E-state index contributed by atoms with van der Waals surface area (Å²) in [6, 6.07) is 10.8. The van der Waals surface area contributed by atoms with Crippen molar-refractivity contribution in [2.75, 3.05) is 25.5 Å². The molecule has 0 saturated carbocycles. The highest BCUT2D eigenvalue weighted by atomic mass is 19.1. The molecule has 1 N–H and O–H groups in total. The molecule has 4 aromatic rings. The largest absolute Gasteiger partial charge is 0.465 e. The second-order valence-electron chi connectivity index (χ2n) is 12.1. The van der Waals surface area contributed by atoms with Gasteiger partial charge in [-0.05, 0) is 94.1 Å². The van der Waals surface area contributed by atoms with E-state index in [0.717, 1.165) is 40.0 Å². The number of nitrogens with one attached hydrogen (secondary N) is 1. The molecule has 0 saturated heterocycles. The Kier molecular flexibility index (Phi) is 8.56. The van der Waals surface area contributed by atoms with Crippen molar-refractivity contribution in [2.24, 2.45) is 7.05 Å². The zero-order valence-corrected chi connectivity index (χ0v) is 26.2. The minimum absolute atomic E-state index is 0.0750. The van der Waals surface area contributed by atoms with Crippen molar-refractivity contribution in [1.29, 1.82) is 0 Å². The number of fused-ring (bicyclic) bond motifs is 1. The number of anilines is 1. The SMILES string of the molecule is COC(=O)c1cc(C)c(C2=CCN([C@@H](C)c3cc4c(-c5ccc(NC(=O)OC(C)(C)C)nc5)ccnc4n3C)CC2)c(F)c1. The monoisotopic (exact) mass is 599 g/mol. The molecule has 0 spiro atoms. The maximum absolute atomic E-state index is 15.1. The van der Waals surface area contributed by atoms with Crippen LogP contribution in [0, 0.1) is 12.7 Å². The van der Waals surface area contributed by atoms with Crippen molar-refractivity contribution in [3.8, 4) is 11.1 Å². The maximum atomic E-state index is 15.1. The van der Waals surface area contributed by atoms with Gasteiger partial charge in [0, 0.05) is 60.8 Å². The van der Waals surface area contributed by atoms with Crippen LogP contribution in [0.4, 0.5) is 15.0 Å². The normalized spacial score (nSPS) is 14.7. The molecule has 4 heterocycles. The summed E-state index contributed by atoms with van der Waals surface area (Å²) in [4.78, 5) is 35.5. The summed E-state index contributed by atoms with van der Waals surface area (Å²) in [6.07, 6.45) is 5.73. The molecule has 1 aromatic carbocycles. The third-order valence-electron chi connectivity index (χ3n) is 7.92. The van der Waals surface area contributed by atoms with E-state index in [1.54, 1.807) is 24.5 Å². The average Bonchev–Trinajstić information content (AvgIpc) is 3.32. The second kappa shape index (κ2) is 12.2.